The summed E-state index contributed by atoms with van der Waals surface area (Å²) in [7, 11) is 1.88. The highest BCUT2D eigenvalue weighted by Crippen LogP contribution is 2.21. The molecule has 0 amide bonds. The molecule has 3 nitrogen and oxygen atoms in total. The standard InChI is InChI=1S/C14H20F3NO2/c1-18-11-12-3-5-13(6-4-12)20-10-9-19-8-2-7-14(15,16)17/h3-6,18H,2,7-11H2,1H3. The van der Waals surface area contributed by atoms with Crippen LogP contribution in [0.5, 0.6) is 5.75 Å². The van der Waals surface area contributed by atoms with Crippen molar-refractivity contribution in [1.82, 2.24) is 5.32 Å². The smallest absolute Gasteiger partial charge is 0.389 e. The Balaban J connectivity index is 2.06. The van der Waals surface area contributed by atoms with Crippen molar-refractivity contribution in [3.05, 3.63) is 29.8 Å². The monoisotopic (exact) mass is 291 g/mol. The highest BCUT2D eigenvalue weighted by molar-refractivity contribution is 5.27. The van der Waals surface area contributed by atoms with Crippen LogP contribution in [0.2, 0.25) is 0 Å². The molecule has 0 saturated heterocycles. The van der Waals surface area contributed by atoms with Crippen LogP contribution in [-0.4, -0.2) is 33.0 Å². The Hall–Kier alpha value is -1.27. The lowest BCUT2D eigenvalue weighted by molar-refractivity contribution is -0.138. The molecule has 0 aliphatic carbocycles. The second-order valence-corrected chi connectivity index (χ2v) is 4.35. The number of benzene rings is 1. The summed E-state index contributed by atoms with van der Waals surface area (Å²) in [5.41, 5.74) is 1.16. The highest BCUT2D eigenvalue weighted by atomic mass is 19.4. The van der Waals surface area contributed by atoms with Crippen LogP contribution in [0.1, 0.15) is 18.4 Å². The number of halogens is 3. The van der Waals surface area contributed by atoms with Crippen LogP contribution in [0.25, 0.3) is 0 Å². The van der Waals surface area contributed by atoms with Gasteiger partial charge in [-0.15, -0.1) is 0 Å². The van der Waals surface area contributed by atoms with E-state index in [1.807, 2.05) is 31.3 Å². The lowest BCUT2D eigenvalue weighted by atomic mass is 10.2. The van der Waals surface area contributed by atoms with E-state index in [1.165, 1.54) is 0 Å². The first kappa shape index (κ1) is 16.8. The molecule has 0 bridgehead atoms. The van der Waals surface area contributed by atoms with E-state index in [9.17, 15) is 13.2 Å². The van der Waals surface area contributed by atoms with E-state index in [-0.39, 0.29) is 19.6 Å². The van der Waals surface area contributed by atoms with Crippen molar-refractivity contribution < 1.29 is 22.6 Å². The van der Waals surface area contributed by atoms with Crippen molar-refractivity contribution in [3.63, 3.8) is 0 Å². The van der Waals surface area contributed by atoms with Gasteiger partial charge in [0, 0.05) is 19.6 Å². The maximum Gasteiger partial charge on any atom is 0.389 e. The van der Waals surface area contributed by atoms with E-state index in [1.54, 1.807) is 0 Å². The van der Waals surface area contributed by atoms with Crippen molar-refractivity contribution in [3.8, 4) is 5.75 Å². The van der Waals surface area contributed by atoms with Gasteiger partial charge in [-0.05, 0) is 31.2 Å². The van der Waals surface area contributed by atoms with Gasteiger partial charge in [0.25, 0.3) is 0 Å². The summed E-state index contributed by atoms with van der Waals surface area (Å²) < 4.78 is 46.1. The first-order valence-electron chi connectivity index (χ1n) is 6.52. The Bertz CT molecular complexity index is 366. The molecule has 0 unspecified atom stereocenters. The average Bonchev–Trinajstić information content (AvgIpc) is 2.38. The minimum Gasteiger partial charge on any atom is -0.491 e. The molecular formula is C14H20F3NO2. The average molecular weight is 291 g/mol. The molecule has 0 heterocycles. The summed E-state index contributed by atoms with van der Waals surface area (Å²) in [4.78, 5) is 0. The number of nitrogens with one attached hydrogen (secondary N) is 1. The van der Waals surface area contributed by atoms with Crippen LogP contribution in [0.4, 0.5) is 13.2 Å². The van der Waals surface area contributed by atoms with E-state index >= 15 is 0 Å². The van der Waals surface area contributed by atoms with Crippen molar-refractivity contribution >= 4 is 0 Å². The second kappa shape index (κ2) is 8.81. The fourth-order valence-corrected chi connectivity index (χ4v) is 1.60. The fraction of sp³-hybridized carbons (Fsp3) is 0.571. The molecule has 6 heteroatoms. The summed E-state index contributed by atoms with van der Waals surface area (Å²) in [6, 6.07) is 7.62. The molecule has 20 heavy (non-hydrogen) atoms. The molecule has 1 aromatic rings. The summed E-state index contributed by atoms with van der Waals surface area (Å²) in [6.07, 6.45) is -4.92. The summed E-state index contributed by atoms with van der Waals surface area (Å²) in [5, 5.41) is 3.04. The topological polar surface area (TPSA) is 30.5 Å². The Labute approximate surface area is 117 Å². The molecule has 114 valence electrons. The van der Waals surface area contributed by atoms with Crippen LogP contribution in [0.15, 0.2) is 24.3 Å². The maximum atomic E-state index is 11.9. The summed E-state index contributed by atoms with van der Waals surface area (Å²) in [5.74, 6) is 0.726. The van der Waals surface area contributed by atoms with E-state index in [0.717, 1.165) is 17.9 Å². The molecule has 0 radical (unpaired) electrons. The molecule has 0 aliphatic heterocycles. The quantitative estimate of drug-likeness (QED) is 0.709. The first-order chi connectivity index (χ1) is 9.51. The Morgan fingerprint density at radius 2 is 1.75 bits per heavy atom. The Morgan fingerprint density at radius 3 is 2.35 bits per heavy atom. The molecule has 1 rings (SSSR count). The van der Waals surface area contributed by atoms with E-state index in [4.69, 9.17) is 9.47 Å². The molecule has 0 saturated carbocycles. The lowest BCUT2D eigenvalue weighted by Crippen LogP contribution is -2.11. The second-order valence-electron chi connectivity index (χ2n) is 4.35. The molecule has 1 aromatic carbocycles. The van der Waals surface area contributed by atoms with Crippen molar-refractivity contribution in [1.29, 1.82) is 0 Å². The van der Waals surface area contributed by atoms with Gasteiger partial charge in [0.1, 0.15) is 12.4 Å². The number of hydrogen-bond acceptors (Lipinski definition) is 3. The van der Waals surface area contributed by atoms with Gasteiger partial charge in [0.05, 0.1) is 6.61 Å². The fourth-order valence-electron chi connectivity index (χ4n) is 1.60. The minimum absolute atomic E-state index is 0.0117. The Kier molecular flexibility index (Phi) is 7.40. The summed E-state index contributed by atoms with van der Waals surface area (Å²) >= 11 is 0. The van der Waals surface area contributed by atoms with E-state index in [0.29, 0.717) is 6.61 Å². The molecule has 0 spiro atoms. The van der Waals surface area contributed by atoms with Gasteiger partial charge in [-0.25, -0.2) is 0 Å². The lowest BCUT2D eigenvalue weighted by Gasteiger charge is -2.09. The van der Waals surface area contributed by atoms with Gasteiger partial charge in [-0.2, -0.15) is 13.2 Å². The van der Waals surface area contributed by atoms with Crippen molar-refractivity contribution in [2.75, 3.05) is 26.9 Å². The third-order valence-electron chi connectivity index (χ3n) is 2.55. The Morgan fingerprint density at radius 1 is 1.05 bits per heavy atom. The number of hydrogen-bond donors (Lipinski definition) is 1. The van der Waals surface area contributed by atoms with Gasteiger partial charge in [0.15, 0.2) is 0 Å². The largest absolute Gasteiger partial charge is 0.491 e. The SMILES string of the molecule is CNCc1ccc(OCCOCCCC(F)(F)F)cc1. The molecule has 0 fully saturated rings. The zero-order valence-electron chi connectivity index (χ0n) is 11.5. The van der Waals surface area contributed by atoms with Gasteiger partial charge in [-0.3, -0.25) is 0 Å². The van der Waals surface area contributed by atoms with Gasteiger partial charge >= 0.3 is 6.18 Å². The van der Waals surface area contributed by atoms with Crippen LogP contribution in [0.3, 0.4) is 0 Å². The highest BCUT2D eigenvalue weighted by Gasteiger charge is 2.25. The first-order valence-corrected chi connectivity index (χ1v) is 6.52. The number of alkyl halides is 3. The number of rotatable bonds is 9. The van der Waals surface area contributed by atoms with Crippen LogP contribution >= 0.6 is 0 Å². The predicted molar refractivity (Wildman–Crippen MR) is 70.8 cm³/mol. The zero-order valence-corrected chi connectivity index (χ0v) is 11.5. The molecule has 1 N–H and O–H groups in total. The third kappa shape index (κ3) is 8.01. The van der Waals surface area contributed by atoms with E-state index < -0.39 is 12.6 Å². The molecular weight excluding hydrogens is 271 g/mol. The van der Waals surface area contributed by atoms with Crippen molar-refractivity contribution in [2.45, 2.75) is 25.6 Å². The maximum absolute atomic E-state index is 11.9. The van der Waals surface area contributed by atoms with Crippen LogP contribution in [0, 0.1) is 0 Å². The zero-order chi connectivity index (χ0) is 14.8. The molecule has 0 aliphatic rings. The van der Waals surface area contributed by atoms with Gasteiger partial charge in [0.2, 0.25) is 0 Å². The molecule has 0 aromatic heterocycles. The molecule has 0 atom stereocenters. The minimum atomic E-state index is -4.10. The third-order valence-corrected chi connectivity index (χ3v) is 2.55. The van der Waals surface area contributed by atoms with Crippen LogP contribution < -0.4 is 10.1 Å². The predicted octanol–water partition coefficient (Wildman–Crippen LogP) is 3.14. The normalized spacial score (nSPS) is 11.6. The van der Waals surface area contributed by atoms with E-state index in [2.05, 4.69) is 5.32 Å². The van der Waals surface area contributed by atoms with Gasteiger partial charge < -0.3 is 14.8 Å². The van der Waals surface area contributed by atoms with Gasteiger partial charge in [-0.1, -0.05) is 12.1 Å². The van der Waals surface area contributed by atoms with Crippen LogP contribution in [-0.2, 0) is 11.3 Å². The number of ether oxygens (including phenoxy) is 2. The summed E-state index contributed by atoms with van der Waals surface area (Å²) in [6.45, 7) is 1.51. The van der Waals surface area contributed by atoms with Crippen molar-refractivity contribution in [2.24, 2.45) is 0 Å².